The van der Waals surface area contributed by atoms with Crippen LogP contribution in [0.1, 0.15) is 23.7 Å². The summed E-state index contributed by atoms with van der Waals surface area (Å²) in [6.07, 6.45) is 3.84. The van der Waals surface area contributed by atoms with Gasteiger partial charge in [-0.25, -0.2) is 4.79 Å². The molecule has 2 atom stereocenters. The van der Waals surface area contributed by atoms with E-state index in [4.69, 9.17) is 20.0 Å². The molecule has 130 valence electrons. The zero-order valence-electron chi connectivity index (χ0n) is 13.9. The normalized spacial score (nSPS) is 20.4. The standard InChI is InChI=1S/C18H18BrN3O3/c1-10-16(9-21-25-10)13-7-14(13)17(15(8-20)18(23)24-2)22-12-5-3-4-11(19)6-12/h3-6,8-9,13-14H,7,20H2,1-2H3. The predicted octanol–water partition coefficient (Wildman–Crippen LogP) is 3.64. The molecular formula is C18H18BrN3O3. The second-order valence-electron chi connectivity index (χ2n) is 5.83. The summed E-state index contributed by atoms with van der Waals surface area (Å²) < 4.78 is 10.9. The van der Waals surface area contributed by atoms with Crippen LogP contribution in [0.5, 0.6) is 0 Å². The van der Waals surface area contributed by atoms with Gasteiger partial charge in [-0.2, -0.15) is 0 Å². The van der Waals surface area contributed by atoms with Crippen LogP contribution in [0.4, 0.5) is 5.69 Å². The van der Waals surface area contributed by atoms with Crippen molar-refractivity contribution in [1.82, 2.24) is 5.16 Å². The minimum Gasteiger partial charge on any atom is -0.465 e. The minimum absolute atomic E-state index is 0.0611. The van der Waals surface area contributed by atoms with Gasteiger partial charge in [-0.1, -0.05) is 27.2 Å². The third-order valence-electron chi connectivity index (χ3n) is 4.23. The van der Waals surface area contributed by atoms with Crippen molar-refractivity contribution in [2.24, 2.45) is 16.6 Å². The first-order valence-electron chi connectivity index (χ1n) is 7.81. The van der Waals surface area contributed by atoms with Gasteiger partial charge in [-0.05, 0) is 37.5 Å². The number of halogens is 1. The summed E-state index contributed by atoms with van der Waals surface area (Å²) >= 11 is 3.43. The van der Waals surface area contributed by atoms with Crippen LogP contribution < -0.4 is 5.73 Å². The molecule has 2 aromatic rings. The van der Waals surface area contributed by atoms with Crippen molar-refractivity contribution in [2.75, 3.05) is 7.11 Å². The molecule has 6 nitrogen and oxygen atoms in total. The van der Waals surface area contributed by atoms with E-state index in [1.165, 1.54) is 13.3 Å². The van der Waals surface area contributed by atoms with Crippen LogP contribution in [0, 0.1) is 12.8 Å². The Morgan fingerprint density at radius 2 is 2.32 bits per heavy atom. The zero-order valence-corrected chi connectivity index (χ0v) is 15.5. The van der Waals surface area contributed by atoms with Crippen LogP contribution in [0.15, 0.2) is 56.2 Å². The number of aromatic nitrogens is 1. The maximum atomic E-state index is 12.1. The van der Waals surface area contributed by atoms with E-state index in [0.717, 1.165) is 27.9 Å². The average Bonchev–Trinajstić information content (AvgIpc) is 3.27. The number of carbonyl (C=O) groups excluding carboxylic acids is 1. The highest BCUT2D eigenvalue weighted by atomic mass is 79.9. The molecule has 1 aromatic heterocycles. The van der Waals surface area contributed by atoms with Crippen molar-refractivity contribution in [1.29, 1.82) is 0 Å². The smallest absolute Gasteiger partial charge is 0.341 e. The van der Waals surface area contributed by atoms with E-state index < -0.39 is 5.97 Å². The van der Waals surface area contributed by atoms with E-state index in [0.29, 0.717) is 5.71 Å². The van der Waals surface area contributed by atoms with Gasteiger partial charge in [0.2, 0.25) is 0 Å². The van der Waals surface area contributed by atoms with Crippen molar-refractivity contribution >= 4 is 33.3 Å². The lowest BCUT2D eigenvalue weighted by molar-refractivity contribution is -0.135. The fourth-order valence-electron chi connectivity index (χ4n) is 2.90. The molecule has 0 aliphatic heterocycles. The Balaban J connectivity index is 1.99. The molecule has 25 heavy (non-hydrogen) atoms. The minimum atomic E-state index is -0.496. The lowest BCUT2D eigenvalue weighted by atomic mass is 10.0. The second kappa shape index (κ2) is 7.23. The highest BCUT2D eigenvalue weighted by Gasteiger charge is 2.46. The molecule has 1 aliphatic carbocycles. The monoisotopic (exact) mass is 403 g/mol. The third kappa shape index (κ3) is 3.66. The van der Waals surface area contributed by atoms with Crippen LogP contribution >= 0.6 is 15.9 Å². The molecule has 2 N–H and O–H groups in total. The van der Waals surface area contributed by atoms with Gasteiger partial charge in [0, 0.05) is 22.2 Å². The van der Waals surface area contributed by atoms with Gasteiger partial charge in [0.05, 0.1) is 30.3 Å². The number of benzene rings is 1. The largest absolute Gasteiger partial charge is 0.465 e. The lowest BCUT2D eigenvalue weighted by Crippen LogP contribution is -2.18. The predicted molar refractivity (Wildman–Crippen MR) is 97.6 cm³/mol. The Kier molecular flexibility index (Phi) is 5.03. The number of methoxy groups -OCH3 is 1. The summed E-state index contributed by atoms with van der Waals surface area (Å²) in [7, 11) is 1.33. The number of nitrogens with two attached hydrogens (primary N) is 1. The number of hydrogen-bond acceptors (Lipinski definition) is 6. The van der Waals surface area contributed by atoms with Gasteiger partial charge in [0.25, 0.3) is 0 Å². The van der Waals surface area contributed by atoms with Gasteiger partial charge < -0.3 is 15.0 Å². The number of aliphatic imine (C=N–C) groups is 1. The fraction of sp³-hybridized carbons (Fsp3) is 0.278. The number of aryl methyl sites for hydroxylation is 1. The Bertz CT molecular complexity index is 857. The summed E-state index contributed by atoms with van der Waals surface area (Å²) in [4.78, 5) is 16.8. The highest BCUT2D eigenvalue weighted by molar-refractivity contribution is 9.10. The Labute approximate surface area is 153 Å². The summed E-state index contributed by atoms with van der Waals surface area (Å²) in [5.74, 6) is 0.553. The number of rotatable bonds is 5. The first kappa shape index (κ1) is 17.4. The quantitative estimate of drug-likeness (QED) is 0.467. The van der Waals surface area contributed by atoms with Crippen LogP contribution in [0.3, 0.4) is 0 Å². The molecule has 2 unspecified atom stereocenters. The van der Waals surface area contributed by atoms with Gasteiger partial charge >= 0.3 is 5.97 Å². The maximum absolute atomic E-state index is 12.1. The van der Waals surface area contributed by atoms with E-state index in [9.17, 15) is 4.79 Å². The van der Waals surface area contributed by atoms with Gasteiger partial charge in [-0.3, -0.25) is 4.99 Å². The molecule has 0 spiro atoms. The van der Waals surface area contributed by atoms with Crippen LogP contribution in [-0.4, -0.2) is 23.9 Å². The SMILES string of the molecule is COC(=O)C(=CN)C(=Nc1cccc(Br)c1)C1CC1c1cnoc1C. The van der Waals surface area contributed by atoms with Crippen LogP contribution in [0.2, 0.25) is 0 Å². The molecule has 1 saturated carbocycles. The zero-order chi connectivity index (χ0) is 18.0. The van der Waals surface area contributed by atoms with Crippen molar-refractivity contribution < 1.29 is 14.1 Å². The average molecular weight is 404 g/mol. The van der Waals surface area contributed by atoms with E-state index in [1.807, 2.05) is 31.2 Å². The Hall–Kier alpha value is -2.41. The van der Waals surface area contributed by atoms with Crippen molar-refractivity contribution in [3.63, 3.8) is 0 Å². The van der Waals surface area contributed by atoms with Crippen molar-refractivity contribution in [3.8, 4) is 0 Å². The number of ether oxygens (including phenoxy) is 1. The number of nitrogens with zero attached hydrogens (tertiary/aromatic N) is 2. The van der Waals surface area contributed by atoms with Crippen LogP contribution in [-0.2, 0) is 9.53 Å². The van der Waals surface area contributed by atoms with Crippen LogP contribution in [0.25, 0.3) is 0 Å². The highest BCUT2D eigenvalue weighted by Crippen LogP contribution is 2.51. The molecule has 0 radical (unpaired) electrons. The van der Waals surface area contributed by atoms with Crippen molar-refractivity contribution in [3.05, 3.63) is 58.0 Å². The van der Waals surface area contributed by atoms with E-state index >= 15 is 0 Å². The van der Waals surface area contributed by atoms with Gasteiger partial charge in [0.1, 0.15) is 5.76 Å². The second-order valence-corrected chi connectivity index (χ2v) is 6.75. The fourth-order valence-corrected chi connectivity index (χ4v) is 3.29. The molecule has 0 saturated heterocycles. The summed E-state index contributed by atoms with van der Waals surface area (Å²) in [5, 5.41) is 3.84. The summed E-state index contributed by atoms with van der Waals surface area (Å²) in [5.41, 5.74) is 8.39. The maximum Gasteiger partial charge on any atom is 0.341 e. The molecule has 0 amide bonds. The Morgan fingerprint density at radius 3 is 2.92 bits per heavy atom. The lowest BCUT2D eigenvalue weighted by Gasteiger charge is -2.09. The van der Waals surface area contributed by atoms with Crippen molar-refractivity contribution in [2.45, 2.75) is 19.3 Å². The van der Waals surface area contributed by atoms with Gasteiger partial charge in [0.15, 0.2) is 0 Å². The summed E-state index contributed by atoms with van der Waals surface area (Å²) in [6, 6.07) is 7.56. The molecule has 7 heteroatoms. The molecule has 0 bridgehead atoms. The first-order valence-corrected chi connectivity index (χ1v) is 8.60. The van der Waals surface area contributed by atoms with E-state index in [-0.39, 0.29) is 17.4 Å². The molecule has 1 aromatic carbocycles. The molecule has 1 heterocycles. The van der Waals surface area contributed by atoms with Gasteiger partial charge in [-0.15, -0.1) is 0 Å². The van der Waals surface area contributed by atoms with E-state index in [1.54, 1.807) is 6.20 Å². The number of carbonyl (C=O) groups is 1. The van der Waals surface area contributed by atoms with E-state index in [2.05, 4.69) is 21.1 Å². The Morgan fingerprint density at radius 1 is 1.52 bits per heavy atom. The molecule has 3 rings (SSSR count). The molecule has 1 fully saturated rings. The number of esters is 1. The first-order chi connectivity index (χ1) is 12.0. The topological polar surface area (TPSA) is 90.7 Å². The third-order valence-corrected chi connectivity index (χ3v) is 4.73. The molecule has 1 aliphatic rings. The number of hydrogen-bond donors (Lipinski definition) is 1. The summed E-state index contributed by atoms with van der Waals surface area (Å²) in [6.45, 7) is 1.88. The molecular weight excluding hydrogens is 386 g/mol.